The third-order valence-electron chi connectivity index (χ3n) is 2.91. The molecule has 0 spiro atoms. The fourth-order valence-corrected chi connectivity index (χ4v) is 1.82. The summed E-state index contributed by atoms with van der Waals surface area (Å²) >= 11 is 0. The molecule has 0 aromatic carbocycles. The van der Waals surface area contributed by atoms with Crippen molar-refractivity contribution in [2.45, 2.75) is 20.3 Å². The van der Waals surface area contributed by atoms with Crippen molar-refractivity contribution >= 4 is 11.9 Å². The van der Waals surface area contributed by atoms with Crippen LogP contribution in [0, 0.1) is 5.92 Å². The Bertz CT molecular complexity index is 359. The van der Waals surface area contributed by atoms with Crippen LogP contribution in [0.2, 0.25) is 0 Å². The molecule has 1 saturated heterocycles. The number of esters is 1. The second-order valence-corrected chi connectivity index (χ2v) is 5.20. The van der Waals surface area contributed by atoms with Gasteiger partial charge in [-0.2, -0.15) is 0 Å². The topological polar surface area (TPSA) is 76.1 Å². The Morgan fingerprint density at radius 2 is 2.00 bits per heavy atom. The van der Waals surface area contributed by atoms with Gasteiger partial charge in [-0.05, 0) is 12.3 Å². The van der Waals surface area contributed by atoms with E-state index in [-0.39, 0.29) is 11.5 Å². The molecule has 0 saturated carbocycles. The maximum absolute atomic E-state index is 11.9. The zero-order valence-electron chi connectivity index (χ0n) is 12.1. The van der Waals surface area contributed by atoms with Crippen LogP contribution in [0.4, 0.5) is 0 Å². The van der Waals surface area contributed by atoms with Gasteiger partial charge in [-0.3, -0.25) is 4.90 Å². The summed E-state index contributed by atoms with van der Waals surface area (Å²) in [7, 11) is 0. The van der Waals surface area contributed by atoms with Crippen LogP contribution in [0.15, 0.2) is 11.6 Å². The maximum atomic E-state index is 11.9. The summed E-state index contributed by atoms with van der Waals surface area (Å²) in [6.07, 6.45) is 1.33. The van der Waals surface area contributed by atoms with E-state index in [2.05, 4.69) is 4.90 Å². The number of morpholine rings is 1. The molecule has 0 unspecified atom stereocenters. The van der Waals surface area contributed by atoms with Crippen molar-refractivity contribution in [2.75, 3.05) is 39.5 Å². The normalized spacial score (nSPS) is 17.2. The Kier molecular flexibility index (Phi) is 7.25. The lowest BCUT2D eigenvalue weighted by molar-refractivity contribution is -0.141. The monoisotopic (exact) mass is 285 g/mol. The summed E-state index contributed by atoms with van der Waals surface area (Å²) in [4.78, 5) is 24.8. The molecular formula is C14H23NO5. The number of carbonyl (C=O) groups excluding carboxylic acids is 1. The van der Waals surface area contributed by atoms with Gasteiger partial charge < -0.3 is 14.6 Å². The summed E-state index contributed by atoms with van der Waals surface area (Å²) in [5.74, 6) is -1.43. The molecule has 1 N–H and O–H groups in total. The second kappa shape index (κ2) is 8.71. The van der Waals surface area contributed by atoms with Gasteiger partial charge in [0.05, 0.1) is 19.8 Å². The minimum absolute atomic E-state index is 0.213. The Hall–Kier alpha value is -1.40. The molecule has 1 fully saturated rings. The molecule has 0 aromatic rings. The van der Waals surface area contributed by atoms with Gasteiger partial charge in [0.2, 0.25) is 0 Å². The lowest BCUT2D eigenvalue weighted by Gasteiger charge is -2.26. The summed E-state index contributed by atoms with van der Waals surface area (Å²) in [6.45, 7) is 7.77. The summed E-state index contributed by atoms with van der Waals surface area (Å²) in [5.41, 5.74) is 0.213. The highest BCUT2D eigenvalue weighted by Gasteiger charge is 2.16. The van der Waals surface area contributed by atoms with E-state index < -0.39 is 11.9 Å². The molecule has 114 valence electrons. The number of hydrogen-bond acceptors (Lipinski definition) is 5. The van der Waals surface area contributed by atoms with Crippen LogP contribution in [-0.4, -0.2) is 61.4 Å². The number of nitrogens with zero attached hydrogens (tertiary/aromatic N) is 1. The Balaban J connectivity index is 2.50. The number of carboxylic acids is 1. The predicted molar refractivity (Wildman–Crippen MR) is 73.4 cm³/mol. The molecule has 1 aliphatic heterocycles. The first-order valence-corrected chi connectivity index (χ1v) is 6.89. The summed E-state index contributed by atoms with van der Waals surface area (Å²) in [6, 6.07) is 0. The molecule has 0 aromatic heterocycles. The molecule has 0 amide bonds. The second-order valence-electron chi connectivity index (χ2n) is 5.20. The highest BCUT2D eigenvalue weighted by Crippen LogP contribution is 2.09. The van der Waals surface area contributed by atoms with E-state index in [1.807, 2.05) is 13.8 Å². The smallest absolute Gasteiger partial charge is 0.334 e. The quantitative estimate of drug-likeness (QED) is 0.554. The fraction of sp³-hybridized carbons (Fsp3) is 0.714. The molecule has 0 atom stereocenters. The van der Waals surface area contributed by atoms with E-state index in [1.54, 1.807) is 0 Å². The Morgan fingerprint density at radius 1 is 1.35 bits per heavy atom. The third kappa shape index (κ3) is 6.68. The first kappa shape index (κ1) is 16.7. The van der Waals surface area contributed by atoms with Crippen LogP contribution >= 0.6 is 0 Å². The largest absolute Gasteiger partial charge is 0.478 e. The van der Waals surface area contributed by atoms with Crippen molar-refractivity contribution < 1.29 is 24.2 Å². The van der Waals surface area contributed by atoms with E-state index in [0.29, 0.717) is 32.8 Å². The minimum Gasteiger partial charge on any atom is -0.478 e. The maximum Gasteiger partial charge on any atom is 0.334 e. The Morgan fingerprint density at radius 3 is 2.55 bits per heavy atom. The SMILES string of the molecule is CC(C)COC(=O)/C(=C/C(=O)O)CCN1CCOCC1. The van der Waals surface area contributed by atoms with E-state index in [1.165, 1.54) is 0 Å². The minimum atomic E-state index is -1.12. The van der Waals surface area contributed by atoms with Crippen molar-refractivity contribution in [1.29, 1.82) is 0 Å². The van der Waals surface area contributed by atoms with Crippen LogP contribution in [0.25, 0.3) is 0 Å². The van der Waals surface area contributed by atoms with Gasteiger partial charge in [0.15, 0.2) is 0 Å². The predicted octanol–water partition coefficient (Wildman–Crippen LogP) is 0.919. The lowest BCUT2D eigenvalue weighted by atomic mass is 10.1. The van der Waals surface area contributed by atoms with E-state index in [0.717, 1.165) is 19.2 Å². The van der Waals surface area contributed by atoms with Crippen LogP contribution in [-0.2, 0) is 19.1 Å². The molecule has 0 radical (unpaired) electrons. The van der Waals surface area contributed by atoms with Crippen molar-refractivity contribution in [3.05, 3.63) is 11.6 Å². The van der Waals surface area contributed by atoms with Gasteiger partial charge in [0, 0.05) is 31.3 Å². The molecule has 1 heterocycles. The average Bonchev–Trinajstić information content (AvgIpc) is 2.41. The average molecular weight is 285 g/mol. The lowest BCUT2D eigenvalue weighted by Crippen LogP contribution is -2.37. The first-order chi connectivity index (χ1) is 9.49. The molecule has 6 nitrogen and oxygen atoms in total. The van der Waals surface area contributed by atoms with Gasteiger partial charge in [-0.1, -0.05) is 13.8 Å². The molecule has 1 rings (SSSR count). The van der Waals surface area contributed by atoms with Gasteiger partial charge in [-0.25, -0.2) is 9.59 Å². The standard InChI is InChI=1S/C14H23NO5/c1-11(2)10-20-14(18)12(9-13(16)17)3-4-15-5-7-19-8-6-15/h9,11H,3-8,10H2,1-2H3,(H,16,17)/b12-9+. The van der Waals surface area contributed by atoms with Crippen LogP contribution in [0.5, 0.6) is 0 Å². The number of carboxylic acid groups (broad SMARTS) is 1. The highest BCUT2D eigenvalue weighted by molar-refractivity contribution is 5.95. The molecule has 1 aliphatic rings. The van der Waals surface area contributed by atoms with Crippen LogP contribution in [0.3, 0.4) is 0 Å². The third-order valence-corrected chi connectivity index (χ3v) is 2.91. The number of ether oxygens (including phenoxy) is 2. The molecule has 0 bridgehead atoms. The molecular weight excluding hydrogens is 262 g/mol. The van der Waals surface area contributed by atoms with Gasteiger partial charge in [0.25, 0.3) is 0 Å². The van der Waals surface area contributed by atoms with Gasteiger partial charge in [0.1, 0.15) is 0 Å². The molecule has 20 heavy (non-hydrogen) atoms. The van der Waals surface area contributed by atoms with Crippen molar-refractivity contribution in [3.8, 4) is 0 Å². The first-order valence-electron chi connectivity index (χ1n) is 6.89. The number of hydrogen-bond donors (Lipinski definition) is 1. The van der Waals surface area contributed by atoms with Crippen LogP contribution < -0.4 is 0 Å². The van der Waals surface area contributed by atoms with Crippen molar-refractivity contribution in [2.24, 2.45) is 5.92 Å². The van der Waals surface area contributed by atoms with Crippen molar-refractivity contribution in [3.63, 3.8) is 0 Å². The number of carbonyl (C=O) groups is 2. The number of rotatable bonds is 7. The van der Waals surface area contributed by atoms with E-state index in [4.69, 9.17) is 14.6 Å². The van der Waals surface area contributed by atoms with E-state index in [9.17, 15) is 9.59 Å². The summed E-state index contributed by atoms with van der Waals surface area (Å²) < 4.78 is 10.3. The molecule has 6 heteroatoms. The van der Waals surface area contributed by atoms with Crippen molar-refractivity contribution in [1.82, 2.24) is 4.90 Å². The number of aliphatic carboxylic acids is 1. The summed E-state index contributed by atoms with van der Waals surface area (Å²) in [5, 5.41) is 8.83. The van der Waals surface area contributed by atoms with Gasteiger partial charge >= 0.3 is 11.9 Å². The highest BCUT2D eigenvalue weighted by atomic mass is 16.5. The molecule has 0 aliphatic carbocycles. The van der Waals surface area contributed by atoms with Gasteiger partial charge in [-0.15, -0.1) is 0 Å². The zero-order chi connectivity index (χ0) is 15.0. The van der Waals surface area contributed by atoms with Crippen LogP contribution in [0.1, 0.15) is 20.3 Å². The Labute approximate surface area is 119 Å². The fourth-order valence-electron chi connectivity index (χ4n) is 1.82. The zero-order valence-corrected chi connectivity index (χ0v) is 12.1. The van der Waals surface area contributed by atoms with E-state index >= 15 is 0 Å².